The van der Waals surface area contributed by atoms with Gasteiger partial charge in [-0.05, 0) is 24.6 Å². The van der Waals surface area contributed by atoms with Crippen LogP contribution in [0.15, 0.2) is 48.7 Å². The number of aromatic amines is 1. The Balaban J connectivity index is 1.80. The highest BCUT2D eigenvalue weighted by molar-refractivity contribution is 5.90. The van der Waals surface area contributed by atoms with Crippen molar-refractivity contribution < 1.29 is 0 Å². The van der Waals surface area contributed by atoms with E-state index in [1.165, 1.54) is 11.1 Å². The zero-order valence-corrected chi connectivity index (χ0v) is 10.3. The van der Waals surface area contributed by atoms with Crippen LogP contribution < -0.4 is 5.32 Å². The second-order valence-electron chi connectivity index (χ2n) is 4.48. The molecule has 0 saturated carbocycles. The molecule has 90 valence electrons. The van der Waals surface area contributed by atoms with Crippen molar-refractivity contribution >= 4 is 16.6 Å². The number of H-pyrrole nitrogens is 1. The van der Waals surface area contributed by atoms with E-state index in [2.05, 4.69) is 52.8 Å². The zero-order valence-electron chi connectivity index (χ0n) is 10.3. The highest BCUT2D eigenvalue weighted by Gasteiger charge is 2.01. The van der Waals surface area contributed by atoms with Crippen LogP contribution in [0.2, 0.25) is 0 Å². The van der Waals surface area contributed by atoms with E-state index < -0.39 is 0 Å². The van der Waals surface area contributed by atoms with Gasteiger partial charge in [0.15, 0.2) is 0 Å². The van der Waals surface area contributed by atoms with Gasteiger partial charge in [-0.25, -0.2) is 0 Å². The van der Waals surface area contributed by atoms with Gasteiger partial charge >= 0.3 is 0 Å². The number of hydrogen-bond acceptors (Lipinski definition) is 2. The number of nitrogens with one attached hydrogen (secondary N) is 2. The molecule has 0 spiro atoms. The lowest BCUT2D eigenvalue weighted by Crippen LogP contribution is -1.99. The fourth-order valence-corrected chi connectivity index (χ4v) is 2.03. The van der Waals surface area contributed by atoms with Crippen molar-refractivity contribution in [2.45, 2.75) is 13.5 Å². The molecule has 2 N–H and O–H groups in total. The first-order chi connectivity index (χ1) is 8.83. The molecule has 1 heterocycles. The molecule has 0 aliphatic rings. The smallest absolute Gasteiger partial charge is 0.0671 e. The van der Waals surface area contributed by atoms with Gasteiger partial charge in [0.25, 0.3) is 0 Å². The topological polar surface area (TPSA) is 40.7 Å². The number of rotatable bonds is 3. The molecular weight excluding hydrogens is 222 g/mol. The quantitative estimate of drug-likeness (QED) is 0.732. The van der Waals surface area contributed by atoms with Crippen molar-refractivity contribution in [3.05, 3.63) is 59.8 Å². The SMILES string of the molecule is Cc1ccc(CNc2cccc3[nH]ncc23)cc1. The summed E-state index contributed by atoms with van der Waals surface area (Å²) >= 11 is 0. The maximum atomic E-state index is 4.06. The Morgan fingerprint density at radius 2 is 1.94 bits per heavy atom. The van der Waals surface area contributed by atoms with E-state index in [0.29, 0.717) is 0 Å². The van der Waals surface area contributed by atoms with Crippen molar-refractivity contribution in [2.24, 2.45) is 0 Å². The van der Waals surface area contributed by atoms with Gasteiger partial charge in [0.1, 0.15) is 0 Å². The first-order valence-electron chi connectivity index (χ1n) is 6.04. The molecule has 0 atom stereocenters. The van der Waals surface area contributed by atoms with Gasteiger partial charge < -0.3 is 5.32 Å². The molecule has 0 radical (unpaired) electrons. The van der Waals surface area contributed by atoms with Crippen LogP contribution in [-0.2, 0) is 6.54 Å². The van der Waals surface area contributed by atoms with Crippen LogP contribution in [0, 0.1) is 6.92 Å². The Kier molecular flexibility index (Phi) is 2.73. The van der Waals surface area contributed by atoms with Crippen molar-refractivity contribution in [3.8, 4) is 0 Å². The molecule has 3 nitrogen and oxygen atoms in total. The number of anilines is 1. The van der Waals surface area contributed by atoms with E-state index >= 15 is 0 Å². The van der Waals surface area contributed by atoms with E-state index in [1.807, 2.05) is 18.3 Å². The molecule has 0 aliphatic carbocycles. The molecule has 0 bridgehead atoms. The minimum absolute atomic E-state index is 0.824. The van der Waals surface area contributed by atoms with Gasteiger partial charge in [-0.2, -0.15) is 5.10 Å². The van der Waals surface area contributed by atoms with E-state index in [9.17, 15) is 0 Å². The largest absolute Gasteiger partial charge is 0.380 e. The highest BCUT2D eigenvalue weighted by Crippen LogP contribution is 2.21. The summed E-state index contributed by atoms with van der Waals surface area (Å²) in [6.07, 6.45) is 1.85. The van der Waals surface area contributed by atoms with Gasteiger partial charge in [0, 0.05) is 17.6 Å². The number of benzene rings is 2. The summed E-state index contributed by atoms with van der Waals surface area (Å²) in [5.41, 5.74) is 4.74. The highest BCUT2D eigenvalue weighted by atomic mass is 15.1. The summed E-state index contributed by atoms with van der Waals surface area (Å²) in [6.45, 7) is 2.92. The molecule has 0 aliphatic heterocycles. The summed E-state index contributed by atoms with van der Waals surface area (Å²) in [6, 6.07) is 14.7. The number of nitrogens with zero attached hydrogens (tertiary/aromatic N) is 1. The summed E-state index contributed by atoms with van der Waals surface area (Å²) in [5, 5.41) is 11.6. The fourth-order valence-electron chi connectivity index (χ4n) is 2.03. The van der Waals surface area contributed by atoms with Crippen LogP contribution in [0.25, 0.3) is 10.9 Å². The first kappa shape index (κ1) is 10.8. The van der Waals surface area contributed by atoms with Crippen LogP contribution in [0.4, 0.5) is 5.69 Å². The van der Waals surface area contributed by atoms with Gasteiger partial charge in [0.05, 0.1) is 11.7 Å². The third-order valence-electron chi connectivity index (χ3n) is 3.09. The first-order valence-corrected chi connectivity index (χ1v) is 6.04. The number of hydrogen-bond donors (Lipinski definition) is 2. The van der Waals surface area contributed by atoms with E-state index in [1.54, 1.807) is 0 Å². The molecular formula is C15H15N3. The molecule has 3 rings (SSSR count). The average molecular weight is 237 g/mol. The molecule has 0 unspecified atom stereocenters. The Hall–Kier alpha value is -2.29. The normalized spacial score (nSPS) is 10.7. The molecule has 2 aromatic carbocycles. The predicted molar refractivity (Wildman–Crippen MR) is 74.6 cm³/mol. The zero-order chi connectivity index (χ0) is 12.4. The molecule has 0 amide bonds. The average Bonchev–Trinajstić information content (AvgIpc) is 2.87. The summed E-state index contributed by atoms with van der Waals surface area (Å²) < 4.78 is 0. The van der Waals surface area contributed by atoms with Gasteiger partial charge in [-0.3, -0.25) is 5.10 Å². The van der Waals surface area contributed by atoms with Gasteiger partial charge in [0.2, 0.25) is 0 Å². The maximum Gasteiger partial charge on any atom is 0.0671 e. The second-order valence-corrected chi connectivity index (χ2v) is 4.48. The van der Waals surface area contributed by atoms with Crippen molar-refractivity contribution in [2.75, 3.05) is 5.32 Å². The third kappa shape index (κ3) is 2.07. The van der Waals surface area contributed by atoms with Crippen LogP contribution in [0.3, 0.4) is 0 Å². The molecule has 18 heavy (non-hydrogen) atoms. The van der Waals surface area contributed by atoms with Crippen molar-refractivity contribution in [3.63, 3.8) is 0 Å². The predicted octanol–water partition coefficient (Wildman–Crippen LogP) is 3.48. The summed E-state index contributed by atoms with van der Waals surface area (Å²) in [7, 11) is 0. The minimum atomic E-state index is 0.824. The standard InChI is InChI=1S/C15H15N3/c1-11-5-7-12(8-6-11)9-16-14-3-2-4-15-13(14)10-17-18-15/h2-8,10,16H,9H2,1H3,(H,17,18). The van der Waals surface area contributed by atoms with Crippen molar-refractivity contribution in [1.29, 1.82) is 0 Å². The van der Waals surface area contributed by atoms with Gasteiger partial charge in [-0.1, -0.05) is 35.9 Å². The summed E-state index contributed by atoms with van der Waals surface area (Å²) in [4.78, 5) is 0. The monoisotopic (exact) mass is 237 g/mol. The van der Waals surface area contributed by atoms with Crippen LogP contribution in [0.1, 0.15) is 11.1 Å². The lowest BCUT2D eigenvalue weighted by molar-refractivity contribution is 1.12. The molecule has 1 aromatic heterocycles. The molecule has 3 aromatic rings. The second kappa shape index (κ2) is 4.53. The Bertz CT molecular complexity index is 653. The molecule has 0 fully saturated rings. The third-order valence-corrected chi connectivity index (χ3v) is 3.09. The van der Waals surface area contributed by atoms with E-state index in [-0.39, 0.29) is 0 Å². The van der Waals surface area contributed by atoms with Crippen LogP contribution in [0.5, 0.6) is 0 Å². The molecule has 0 saturated heterocycles. The fraction of sp³-hybridized carbons (Fsp3) is 0.133. The number of aromatic nitrogens is 2. The lowest BCUT2D eigenvalue weighted by Gasteiger charge is -2.07. The minimum Gasteiger partial charge on any atom is -0.380 e. The number of aryl methyl sites for hydroxylation is 1. The Labute approximate surface area is 106 Å². The Morgan fingerprint density at radius 3 is 2.78 bits per heavy atom. The van der Waals surface area contributed by atoms with E-state index in [4.69, 9.17) is 0 Å². The maximum absolute atomic E-state index is 4.06. The van der Waals surface area contributed by atoms with E-state index in [0.717, 1.165) is 23.1 Å². The lowest BCUT2D eigenvalue weighted by atomic mass is 10.1. The van der Waals surface area contributed by atoms with Gasteiger partial charge in [-0.15, -0.1) is 0 Å². The van der Waals surface area contributed by atoms with Crippen LogP contribution >= 0.6 is 0 Å². The van der Waals surface area contributed by atoms with Crippen molar-refractivity contribution in [1.82, 2.24) is 10.2 Å². The van der Waals surface area contributed by atoms with Crippen LogP contribution in [-0.4, -0.2) is 10.2 Å². The summed E-state index contributed by atoms with van der Waals surface area (Å²) in [5.74, 6) is 0. The number of fused-ring (bicyclic) bond motifs is 1. The Morgan fingerprint density at radius 1 is 1.11 bits per heavy atom. The molecule has 3 heteroatoms.